The van der Waals surface area contributed by atoms with Crippen molar-refractivity contribution in [3.63, 3.8) is 0 Å². The van der Waals surface area contributed by atoms with Gasteiger partial charge in [0.2, 0.25) is 0 Å². The number of alkyl halides is 3. The summed E-state index contributed by atoms with van der Waals surface area (Å²) in [7, 11) is 0. The van der Waals surface area contributed by atoms with Crippen molar-refractivity contribution in [2.24, 2.45) is 0 Å². The number of benzene rings is 2. The monoisotopic (exact) mass is 428 g/mol. The molecule has 1 aromatic heterocycles. The van der Waals surface area contributed by atoms with Crippen molar-refractivity contribution < 1.29 is 22.6 Å². The molecule has 3 aromatic rings. The number of hydrogen-bond donors (Lipinski definition) is 0. The Kier molecular flexibility index (Phi) is 5.55. The van der Waals surface area contributed by atoms with Crippen molar-refractivity contribution in [2.45, 2.75) is 17.3 Å². The fraction of sp³-hybridized carbons (Fsp3) is 0.182. The summed E-state index contributed by atoms with van der Waals surface area (Å²) in [6.07, 6.45) is -5.05. The summed E-state index contributed by atoms with van der Waals surface area (Å²) in [5.41, 5.74) is -0.770. The van der Waals surface area contributed by atoms with E-state index in [4.69, 9.17) is 9.47 Å². The fourth-order valence-electron chi connectivity index (χ4n) is 3.03. The van der Waals surface area contributed by atoms with Crippen LogP contribution in [0.2, 0.25) is 0 Å². The maximum atomic E-state index is 13.6. The Morgan fingerprint density at radius 1 is 1.07 bits per heavy atom. The summed E-state index contributed by atoms with van der Waals surface area (Å²) in [4.78, 5) is 4.36. The van der Waals surface area contributed by atoms with Crippen molar-refractivity contribution >= 4 is 11.8 Å². The lowest BCUT2D eigenvalue weighted by atomic mass is 10.1. The molecule has 0 aliphatic carbocycles. The predicted octanol–water partition coefficient (Wildman–Crippen LogP) is 5.57. The first-order valence-electron chi connectivity index (χ1n) is 9.05. The van der Waals surface area contributed by atoms with E-state index >= 15 is 0 Å². The molecule has 2 heterocycles. The standard InChI is InChI=1S/C22H15F3N2O2S/c23-22(24,25)17-10-18(14-6-2-1-3-7-14)27-21(16(17)11-26)30-13-15-12-28-19-8-4-5-9-20(19)29-15/h1-10,15H,12-13H2. The molecule has 0 spiro atoms. The van der Waals surface area contributed by atoms with Gasteiger partial charge in [0.25, 0.3) is 0 Å². The molecule has 1 atom stereocenters. The fourth-order valence-corrected chi connectivity index (χ4v) is 4.00. The van der Waals surface area contributed by atoms with Crippen LogP contribution in [-0.2, 0) is 6.18 Å². The number of nitrogens with zero attached hydrogens (tertiary/aromatic N) is 2. The highest BCUT2D eigenvalue weighted by atomic mass is 32.2. The van der Waals surface area contributed by atoms with Crippen LogP contribution in [-0.4, -0.2) is 23.4 Å². The van der Waals surface area contributed by atoms with Crippen LogP contribution in [0.15, 0.2) is 65.7 Å². The average molecular weight is 428 g/mol. The third-order valence-electron chi connectivity index (χ3n) is 4.45. The molecular weight excluding hydrogens is 413 g/mol. The molecule has 8 heteroatoms. The van der Waals surface area contributed by atoms with Crippen LogP contribution in [0.4, 0.5) is 13.2 Å². The normalized spacial score (nSPS) is 15.5. The molecular formula is C22H15F3N2O2S. The lowest BCUT2D eigenvalue weighted by Crippen LogP contribution is -2.31. The van der Waals surface area contributed by atoms with Crippen molar-refractivity contribution in [3.8, 4) is 28.8 Å². The van der Waals surface area contributed by atoms with Gasteiger partial charge >= 0.3 is 6.18 Å². The minimum absolute atomic E-state index is 0.0219. The number of halogens is 3. The van der Waals surface area contributed by atoms with Crippen LogP contribution in [0.3, 0.4) is 0 Å². The van der Waals surface area contributed by atoms with Gasteiger partial charge in [0.15, 0.2) is 11.5 Å². The van der Waals surface area contributed by atoms with E-state index in [2.05, 4.69) is 4.98 Å². The van der Waals surface area contributed by atoms with Gasteiger partial charge in [0.1, 0.15) is 23.8 Å². The number of rotatable bonds is 4. The number of aromatic nitrogens is 1. The summed E-state index contributed by atoms with van der Waals surface area (Å²) in [5, 5.41) is 9.45. The van der Waals surface area contributed by atoms with Crippen LogP contribution >= 0.6 is 11.8 Å². The van der Waals surface area contributed by atoms with Gasteiger partial charge in [-0.05, 0) is 18.2 Å². The van der Waals surface area contributed by atoms with Gasteiger partial charge in [-0.3, -0.25) is 0 Å². The highest BCUT2D eigenvalue weighted by molar-refractivity contribution is 7.99. The molecule has 4 nitrogen and oxygen atoms in total. The van der Waals surface area contributed by atoms with Crippen LogP contribution < -0.4 is 9.47 Å². The Bertz CT molecular complexity index is 1100. The summed E-state index contributed by atoms with van der Waals surface area (Å²) in [6.45, 7) is 0.260. The first-order chi connectivity index (χ1) is 14.5. The zero-order chi connectivity index (χ0) is 21.1. The molecule has 152 valence electrons. The van der Waals surface area contributed by atoms with Gasteiger partial charge in [0.05, 0.1) is 16.8 Å². The van der Waals surface area contributed by atoms with Crippen LogP contribution in [0.1, 0.15) is 11.1 Å². The highest BCUT2D eigenvalue weighted by Crippen LogP contribution is 2.39. The molecule has 0 fully saturated rings. The van der Waals surface area contributed by atoms with Gasteiger partial charge in [-0.25, -0.2) is 4.98 Å². The molecule has 4 rings (SSSR count). The van der Waals surface area contributed by atoms with Gasteiger partial charge in [-0.15, -0.1) is 11.8 Å². The topological polar surface area (TPSA) is 55.1 Å². The molecule has 0 bridgehead atoms. The number of nitriles is 1. The predicted molar refractivity (Wildman–Crippen MR) is 106 cm³/mol. The van der Waals surface area contributed by atoms with E-state index in [9.17, 15) is 18.4 Å². The van der Waals surface area contributed by atoms with Gasteiger partial charge in [-0.2, -0.15) is 18.4 Å². The van der Waals surface area contributed by atoms with E-state index < -0.39 is 17.3 Å². The van der Waals surface area contributed by atoms with E-state index in [1.54, 1.807) is 48.5 Å². The van der Waals surface area contributed by atoms with Crippen molar-refractivity contribution in [3.05, 3.63) is 71.8 Å². The minimum atomic E-state index is -4.67. The number of para-hydroxylation sites is 2. The maximum absolute atomic E-state index is 13.6. The molecule has 0 amide bonds. The molecule has 2 aromatic carbocycles. The van der Waals surface area contributed by atoms with Crippen molar-refractivity contribution in [2.75, 3.05) is 12.4 Å². The highest BCUT2D eigenvalue weighted by Gasteiger charge is 2.36. The Hall–Kier alpha value is -3.18. The Balaban J connectivity index is 1.64. The zero-order valence-corrected chi connectivity index (χ0v) is 16.3. The summed E-state index contributed by atoms with van der Waals surface area (Å²) >= 11 is 1.05. The van der Waals surface area contributed by atoms with E-state index in [0.717, 1.165) is 17.8 Å². The Morgan fingerprint density at radius 3 is 2.47 bits per heavy atom. The van der Waals surface area contributed by atoms with E-state index in [0.29, 0.717) is 17.1 Å². The quantitative estimate of drug-likeness (QED) is 0.509. The van der Waals surface area contributed by atoms with Crippen LogP contribution in [0.25, 0.3) is 11.3 Å². The second-order valence-corrected chi connectivity index (χ2v) is 7.53. The molecule has 1 aliphatic rings. The van der Waals surface area contributed by atoms with Gasteiger partial charge in [-0.1, -0.05) is 42.5 Å². The lowest BCUT2D eigenvalue weighted by Gasteiger charge is -2.26. The lowest BCUT2D eigenvalue weighted by molar-refractivity contribution is -0.138. The first-order valence-corrected chi connectivity index (χ1v) is 10.0. The minimum Gasteiger partial charge on any atom is -0.486 e. The SMILES string of the molecule is N#Cc1c(C(F)(F)F)cc(-c2ccccc2)nc1SCC1COc2ccccc2O1. The van der Waals surface area contributed by atoms with Crippen molar-refractivity contribution in [1.29, 1.82) is 5.26 Å². The number of thioether (sulfide) groups is 1. The summed E-state index contributed by atoms with van der Waals surface area (Å²) < 4.78 is 52.4. The van der Waals surface area contributed by atoms with E-state index in [-0.39, 0.29) is 29.2 Å². The van der Waals surface area contributed by atoms with Crippen LogP contribution in [0.5, 0.6) is 11.5 Å². The number of hydrogen-bond acceptors (Lipinski definition) is 5. The Labute approximate surface area is 175 Å². The van der Waals surface area contributed by atoms with Crippen molar-refractivity contribution in [1.82, 2.24) is 4.98 Å². The Morgan fingerprint density at radius 2 is 1.77 bits per heavy atom. The number of fused-ring (bicyclic) bond motifs is 1. The van der Waals surface area contributed by atoms with Gasteiger partial charge < -0.3 is 9.47 Å². The third-order valence-corrected chi connectivity index (χ3v) is 5.55. The summed E-state index contributed by atoms with van der Waals surface area (Å²) in [6, 6.07) is 18.4. The average Bonchev–Trinajstić information content (AvgIpc) is 2.76. The third kappa shape index (κ3) is 4.21. The first kappa shape index (κ1) is 20.1. The van der Waals surface area contributed by atoms with E-state index in [1.165, 1.54) is 0 Å². The number of ether oxygens (including phenoxy) is 2. The maximum Gasteiger partial charge on any atom is 0.417 e. The largest absolute Gasteiger partial charge is 0.486 e. The molecule has 0 radical (unpaired) electrons. The second kappa shape index (κ2) is 8.28. The van der Waals surface area contributed by atoms with E-state index in [1.807, 2.05) is 12.1 Å². The van der Waals surface area contributed by atoms with Gasteiger partial charge in [0, 0.05) is 11.3 Å². The zero-order valence-electron chi connectivity index (χ0n) is 15.5. The molecule has 1 unspecified atom stereocenters. The molecule has 0 saturated carbocycles. The molecule has 30 heavy (non-hydrogen) atoms. The molecule has 0 saturated heterocycles. The number of pyridine rings is 1. The smallest absolute Gasteiger partial charge is 0.417 e. The van der Waals surface area contributed by atoms with Crippen LogP contribution in [0, 0.1) is 11.3 Å². The molecule has 0 N–H and O–H groups in total. The summed E-state index contributed by atoms with van der Waals surface area (Å²) in [5.74, 6) is 1.49. The molecule has 1 aliphatic heterocycles. The second-order valence-electron chi connectivity index (χ2n) is 6.52.